The van der Waals surface area contributed by atoms with E-state index < -0.39 is 4.92 Å². The van der Waals surface area contributed by atoms with Gasteiger partial charge in [-0.05, 0) is 19.9 Å². The van der Waals surface area contributed by atoms with Crippen LogP contribution >= 0.6 is 0 Å². The first-order valence-electron chi connectivity index (χ1n) is 4.82. The topological polar surface area (TPSA) is 66.6 Å². The van der Waals surface area contributed by atoms with Crippen molar-refractivity contribution in [2.24, 2.45) is 0 Å². The summed E-state index contributed by atoms with van der Waals surface area (Å²) >= 11 is 0. The van der Waals surface area contributed by atoms with Crippen molar-refractivity contribution in [2.75, 3.05) is 18.0 Å². The van der Waals surface area contributed by atoms with Gasteiger partial charge < -0.3 is 10.0 Å². The van der Waals surface area contributed by atoms with Gasteiger partial charge in [-0.25, -0.2) is 0 Å². The predicted octanol–water partition coefficient (Wildman–Crippen LogP) is 2.15. The minimum Gasteiger partial charge on any atom is -0.506 e. The summed E-state index contributed by atoms with van der Waals surface area (Å²) in [5, 5.41) is 20.2. The molecule has 0 amide bonds. The summed E-state index contributed by atoms with van der Waals surface area (Å²) < 4.78 is 0. The minimum absolute atomic E-state index is 0.00491. The van der Waals surface area contributed by atoms with Crippen LogP contribution in [0, 0.1) is 10.1 Å². The molecule has 0 aliphatic heterocycles. The van der Waals surface area contributed by atoms with Crippen LogP contribution in [-0.4, -0.2) is 23.1 Å². The highest BCUT2D eigenvalue weighted by atomic mass is 16.6. The Kier molecular flexibility index (Phi) is 3.49. The minimum atomic E-state index is -0.466. The van der Waals surface area contributed by atoms with Crippen LogP contribution in [0.25, 0.3) is 0 Å². The molecule has 0 fully saturated rings. The summed E-state index contributed by atoms with van der Waals surface area (Å²) in [6, 6.07) is 4.04. The van der Waals surface area contributed by atoms with Crippen LogP contribution in [0.1, 0.15) is 13.8 Å². The molecule has 1 aromatic carbocycles. The molecule has 0 heterocycles. The third-order valence-electron chi connectivity index (χ3n) is 2.27. The molecular formula is C10H14N2O3. The quantitative estimate of drug-likeness (QED) is 0.610. The molecule has 1 rings (SSSR count). The van der Waals surface area contributed by atoms with Crippen LogP contribution in [0.5, 0.6) is 5.75 Å². The first kappa shape index (κ1) is 11.3. The Morgan fingerprint density at radius 2 is 2.00 bits per heavy atom. The molecule has 0 saturated heterocycles. The van der Waals surface area contributed by atoms with Gasteiger partial charge in [0.15, 0.2) is 0 Å². The summed E-state index contributed by atoms with van der Waals surface area (Å²) in [6.07, 6.45) is 0. The fourth-order valence-corrected chi connectivity index (χ4v) is 1.44. The highest BCUT2D eigenvalue weighted by molar-refractivity contribution is 5.62. The second kappa shape index (κ2) is 4.63. The second-order valence-corrected chi connectivity index (χ2v) is 3.10. The van der Waals surface area contributed by atoms with E-state index in [9.17, 15) is 15.2 Å². The van der Waals surface area contributed by atoms with Gasteiger partial charge in [-0.3, -0.25) is 10.1 Å². The molecule has 0 spiro atoms. The molecule has 0 bridgehead atoms. The average Bonchev–Trinajstić information content (AvgIpc) is 2.22. The fourth-order valence-electron chi connectivity index (χ4n) is 1.44. The lowest BCUT2D eigenvalue weighted by Gasteiger charge is -2.21. The van der Waals surface area contributed by atoms with Gasteiger partial charge >= 0.3 is 0 Å². The molecule has 82 valence electrons. The zero-order valence-electron chi connectivity index (χ0n) is 8.80. The first-order valence-corrected chi connectivity index (χ1v) is 4.82. The first-order chi connectivity index (χ1) is 7.10. The van der Waals surface area contributed by atoms with Crippen molar-refractivity contribution in [1.82, 2.24) is 0 Å². The van der Waals surface area contributed by atoms with Gasteiger partial charge in [0.25, 0.3) is 5.69 Å². The van der Waals surface area contributed by atoms with E-state index in [-0.39, 0.29) is 11.4 Å². The monoisotopic (exact) mass is 210 g/mol. The van der Waals surface area contributed by atoms with Crippen molar-refractivity contribution in [3.8, 4) is 5.75 Å². The van der Waals surface area contributed by atoms with E-state index in [0.29, 0.717) is 18.8 Å². The predicted molar refractivity (Wildman–Crippen MR) is 58.3 cm³/mol. The molecule has 0 aliphatic carbocycles. The lowest BCUT2D eigenvalue weighted by atomic mass is 10.2. The number of hydrogen-bond donors (Lipinski definition) is 1. The molecule has 5 nitrogen and oxygen atoms in total. The largest absolute Gasteiger partial charge is 0.506 e. The number of hydrogen-bond acceptors (Lipinski definition) is 4. The zero-order valence-corrected chi connectivity index (χ0v) is 8.80. The number of aromatic hydroxyl groups is 1. The number of phenols is 1. The number of rotatable bonds is 4. The van der Waals surface area contributed by atoms with Gasteiger partial charge in [-0.15, -0.1) is 0 Å². The Bertz CT molecular complexity index is 362. The molecular weight excluding hydrogens is 196 g/mol. The van der Waals surface area contributed by atoms with E-state index in [1.807, 2.05) is 18.7 Å². The SMILES string of the molecule is CCN(CC)c1cc([N+](=O)[O-])ccc1O. The van der Waals surface area contributed by atoms with E-state index in [0.717, 1.165) is 0 Å². The highest BCUT2D eigenvalue weighted by Gasteiger charge is 2.13. The highest BCUT2D eigenvalue weighted by Crippen LogP contribution is 2.30. The van der Waals surface area contributed by atoms with E-state index in [2.05, 4.69) is 0 Å². The number of nitro groups is 1. The van der Waals surface area contributed by atoms with E-state index >= 15 is 0 Å². The van der Waals surface area contributed by atoms with Gasteiger partial charge in [0, 0.05) is 25.2 Å². The Balaban J connectivity index is 3.15. The van der Waals surface area contributed by atoms with Crippen LogP contribution in [0.3, 0.4) is 0 Å². The van der Waals surface area contributed by atoms with Crippen molar-refractivity contribution in [3.05, 3.63) is 28.3 Å². The summed E-state index contributed by atoms with van der Waals surface area (Å²) in [6.45, 7) is 5.26. The number of nitrogens with zero attached hydrogens (tertiary/aromatic N) is 2. The van der Waals surface area contributed by atoms with E-state index in [1.54, 1.807) is 0 Å². The summed E-state index contributed by atoms with van der Waals surface area (Å²) in [5.41, 5.74) is 0.504. The van der Waals surface area contributed by atoms with Crippen LogP contribution < -0.4 is 4.90 Å². The Morgan fingerprint density at radius 3 is 2.47 bits per heavy atom. The number of non-ortho nitro benzene ring substituents is 1. The zero-order chi connectivity index (χ0) is 11.4. The second-order valence-electron chi connectivity index (χ2n) is 3.10. The van der Waals surface area contributed by atoms with E-state index in [4.69, 9.17) is 0 Å². The number of nitro benzene ring substituents is 1. The molecule has 0 saturated carbocycles. The lowest BCUT2D eigenvalue weighted by molar-refractivity contribution is -0.384. The standard InChI is InChI=1S/C10H14N2O3/c1-3-11(4-2)9-7-8(12(14)15)5-6-10(9)13/h5-7,13H,3-4H2,1-2H3. The van der Waals surface area contributed by atoms with Gasteiger partial charge in [0.1, 0.15) is 5.75 Å². The maximum Gasteiger partial charge on any atom is 0.271 e. The molecule has 0 aliphatic rings. The molecule has 0 aromatic heterocycles. The van der Waals surface area contributed by atoms with Crippen LogP contribution in [0.2, 0.25) is 0 Å². The maximum absolute atomic E-state index is 10.6. The van der Waals surface area contributed by atoms with Crippen LogP contribution in [-0.2, 0) is 0 Å². The summed E-state index contributed by atoms with van der Waals surface area (Å²) in [4.78, 5) is 12.0. The van der Waals surface area contributed by atoms with Crippen molar-refractivity contribution in [1.29, 1.82) is 0 Å². The number of phenolic OH excluding ortho intramolecular Hbond substituents is 1. The number of anilines is 1. The summed E-state index contributed by atoms with van der Waals surface area (Å²) in [7, 11) is 0. The maximum atomic E-state index is 10.6. The van der Waals surface area contributed by atoms with Crippen LogP contribution in [0.4, 0.5) is 11.4 Å². The van der Waals surface area contributed by atoms with Crippen molar-refractivity contribution < 1.29 is 10.0 Å². The van der Waals surface area contributed by atoms with Crippen molar-refractivity contribution >= 4 is 11.4 Å². The molecule has 5 heteroatoms. The van der Waals surface area contributed by atoms with Gasteiger partial charge in [-0.1, -0.05) is 0 Å². The molecule has 1 aromatic rings. The Morgan fingerprint density at radius 1 is 1.40 bits per heavy atom. The summed E-state index contributed by atoms with van der Waals surface area (Å²) in [5.74, 6) is 0.0734. The number of benzene rings is 1. The molecule has 0 radical (unpaired) electrons. The fraction of sp³-hybridized carbons (Fsp3) is 0.400. The molecule has 1 N–H and O–H groups in total. The smallest absolute Gasteiger partial charge is 0.271 e. The average molecular weight is 210 g/mol. The molecule has 0 atom stereocenters. The Labute approximate surface area is 88.1 Å². The van der Waals surface area contributed by atoms with Gasteiger partial charge in [0.2, 0.25) is 0 Å². The van der Waals surface area contributed by atoms with Crippen LogP contribution in [0.15, 0.2) is 18.2 Å². The van der Waals surface area contributed by atoms with Gasteiger partial charge in [0.05, 0.1) is 10.6 Å². The van der Waals surface area contributed by atoms with Crippen molar-refractivity contribution in [2.45, 2.75) is 13.8 Å². The molecule has 0 unspecified atom stereocenters. The Hall–Kier alpha value is -1.78. The van der Waals surface area contributed by atoms with Crippen molar-refractivity contribution in [3.63, 3.8) is 0 Å². The normalized spacial score (nSPS) is 10.0. The third kappa shape index (κ3) is 2.37. The van der Waals surface area contributed by atoms with Gasteiger partial charge in [-0.2, -0.15) is 0 Å². The van der Waals surface area contributed by atoms with E-state index in [1.165, 1.54) is 18.2 Å². The lowest BCUT2D eigenvalue weighted by Crippen LogP contribution is -2.21. The molecule has 15 heavy (non-hydrogen) atoms. The third-order valence-corrected chi connectivity index (χ3v) is 2.27.